The highest BCUT2D eigenvalue weighted by molar-refractivity contribution is 6.30. The number of hydrogen-bond acceptors (Lipinski definition) is 8. The SMILES string of the molecule is CC(C)(C)OC(=O)COCC1(F)CCN(c2cncc(N(c3ccccc3)c3ccc(Cl)cn3)n2)CC1. The van der Waals surface area contributed by atoms with Gasteiger partial charge in [0, 0.05) is 37.8 Å². The summed E-state index contributed by atoms with van der Waals surface area (Å²) in [6.45, 7) is 5.79. The van der Waals surface area contributed by atoms with E-state index in [1.54, 1.807) is 45.4 Å². The van der Waals surface area contributed by atoms with Crippen molar-refractivity contribution < 1.29 is 18.7 Å². The zero-order valence-corrected chi connectivity index (χ0v) is 22.0. The summed E-state index contributed by atoms with van der Waals surface area (Å²) in [5, 5.41) is 0.537. The second kappa shape index (κ2) is 11.4. The van der Waals surface area contributed by atoms with Crippen molar-refractivity contribution in [2.75, 3.05) is 36.1 Å². The Bertz CT molecular complexity index is 1180. The van der Waals surface area contributed by atoms with Crippen LogP contribution in [0.2, 0.25) is 5.02 Å². The molecule has 8 nitrogen and oxygen atoms in total. The molecule has 0 atom stereocenters. The molecule has 0 radical (unpaired) electrons. The largest absolute Gasteiger partial charge is 0.458 e. The second-order valence-electron chi connectivity index (χ2n) is 9.96. The predicted molar refractivity (Wildman–Crippen MR) is 141 cm³/mol. The number of carbonyl (C=O) groups is 1. The Hall–Kier alpha value is -3.30. The van der Waals surface area contributed by atoms with E-state index in [9.17, 15) is 4.79 Å². The lowest BCUT2D eigenvalue weighted by Crippen LogP contribution is -2.45. The van der Waals surface area contributed by atoms with Crippen LogP contribution in [0, 0.1) is 0 Å². The maximum absolute atomic E-state index is 15.4. The number of benzene rings is 1. The number of halogens is 2. The van der Waals surface area contributed by atoms with Gasteiger partial charge in [0.15, 0.2) is 5.82 Å². The molecular formula is C27H31ClFN5O3. The smallest absolute Gasteiger partial charge is 0.332 e. The average Bonchev–Trinajstić information content (AvgIpc) is 2.86. The standard InChI is InChI=1S/C27H31ClFN5O3/c1-26(2,3)37-25(35)18-36-19-27(29)11-13-33(14-12-27)23-16-30-17-24(32-23)34(21-7-5-4-6-8-21)22-10-9-20(28)15-31-22/h4-10,15-17H,11-14,18-19H2,1-3H3. The molecule has 3 aromatic rings. The fraction of sp³-hybridized carbons (Fsp3) is 0.407. The van der Waals surface area contributed by atoms with E-state index in [4.69, 9.17) is 26.1 Å². The lowest BCUT2D eigenvalue weighted by molar-refractivity contribution is -0.161. The minimum atomic E-state index is -1.52. The first-order chi connectivity index (χ1) is 17.6. The third-order valence-electron chi connectivity index (χ3n) is 5.78. The van der Waals surface area contributed by atoms with Crippen molar-refractivity contribution in [2.45, 2.75) is 44.9 Å². The number of para-hydroxylation sites is 1. The van der Waals surface area contributed by atoms with Gasteiger partial charge in [-0.25, -0.2) is 19.2 Å². The number of anilines is 4. The highest BCUT2D eigenvalue weighted by Crippen LogP contribution is 2.34. The van der Waals surface area contributed by atoms with E-state index in [0.29, 0.717) is 35.6 Å². The molecule has 1 saturated heterocycles. The number of ether oxygens (including phenoxy) is 2. The molecule has 1 fully saturated rings. The Morgan fingerprint density at radius 1 is 1.08 bits per heavy atom. The van der Waals surface area contributed by atoms with Crippen molar-refractivity contribution in [3.05, 3.63) is 66.1 Å². The molecule has 2 aromatic heterocycles. The molecule has 4 rings (SSSR count). The zero-order valence-electron chi connectivity index (χ0n) is 21.2. The first kappa shape index (κ1) is 26.8. The van der Waals surface area contributed by atoms with Gasteiger partial charge in [-0.1, -0.05) is 29.8 Å². The van der Waals surface area contributed by atoms with E-state index in [-0.39, 0.29) is 26.1 Å². The van der Waals surface area contributed by atoms with Crippen molar-refractivity contribution >= 4 is 40.7 Å². The summed E-state index contributed by atoms with van der Waals surface area (Å²) in [7, 11) is 0. The van der Waals surface area contributed by atoms with Crippen LogP contribution in [0.3, 0.4) is 0 Å². The summed E-state index contributed by atoms with van der Waals surface area (Å²) in [6.07, 6.45) is 5.41. The van der Waals surface area contributed by atoms with Crippen molar-refractivity contribution in [1.29, 1.82) is 0 Å². The van der Waals surface area contributed by atoms with Gasteiger partial charge in [0.2, 0.25) is 0 Å². The van der Waals surface area contributed by atoms with Crippen LogP contribution < -0.4 is 9.80 Å². The number of rotatable bonds is 8. The molecule has 0 aliphatic carbocycles. The van der Waals surface area contributed by atoms with Gasteiger partial charge in [-0.15, -0.1) is 0 Å². The summed E-state index contributed by atoms with van der Waals surface area (Å²) in [5.41, 5.74) is -1.26. The third-order valence-corrected chi connectivity index (χ3v) is 6.00. The fourth-order valence-corrected chi connectivity index (χ4v) is 4.15. The van der Waals surface area contributed by atoms with Gasteiger partial charge in [-0.3, -0.25) is 9.88 Å². The Morgan fingerprint density at radius 3 is 2.46 bits per heavy atom. The molecule has 10 heteroatoms. The number of esters is 1. The number of piperidine rings is 1. The quantitative estimate of drug-likeness (QED) is 0.347. The Kier molecular flexibility index (Phi) is 8.24. The molecule has 0 N–H and O–H groups in total. The molecular weight excluding hydrogens is 497 g/mol. The van der Waals surface area contributed by atoms with Crippen molar-refractivity contribution in [3.63, 3.8) is 0 Å². The van der Waals surface area contributed by atoms with Crippen LogP contribution in [0.15, 0.2) is 61.1 Å². The summed E-state index contributed by atoms with van der Waals surface area (Å²) < 4.78 is 25.9. The molecule has 0 amide bonds. The number of alkyl halides is 1. The van der Waals surface area contributed by atoms with E-state index in [0.717, 1.165) is 5.69 Å². The molecule has 196 valence electrons. The maximum Gasteiger partial charge on any atom is 0.332 e. The van der Waals surface area contributed by atoms with Crippen LogP contribution in [-0.4, -0.2) is 58.5 Å². The Labute approximate surface area is 221 Å². The van der Waals surface area contributed by atoms with Crippen molar-refractivity contribution in [2.24, 2.45) is 0 Å². The van der Waals surface area contributed by atoms with Gasteiger partial charge in [-0.2, -0.15) is 0 Å². The third kappa shape index (κ3) is 7.36. The van der Waals surface area contributed by atoms with Gasteiger partial charge in [-0.05, 0) is 45.0 Å². The molecule has 0 unspecified atom stereocenters. The molecule has 0 bridgehead atoms. The van der Waals surface area contributed by atoms with E-state index in [1.807, 2.05) is 46.2 Å². The van der Waals surface area contributed by atoms with Crippen LogP contribution in [0.4, 0.5) is 27.5 Å². The minimum absolute atomic E-state index is 0.157. The topological polar surface area (TPSA) is 80.7 Å². The second-order valence-corrected chi connectivity index (χ2v) is 10.4. The molecule has 0 spiro atoms. The summed E-state index contributed by atoms with van der Waals surface area (Å²) in [4.78, 5) is 29.5. The lowest BCUT2D eigenvalue weighted by atomic mass is 9.94. The van der Waals surface area contributed by atoms with Gasteiger partial charge >= 0.3 is 5.97 Å². The van der Waals surface area contributed by atoms with Gasteiger partial charge in [0.1, 0.15) is 29.5 Å². The molecule has 3 heterocycles. The number of hydrogen-bond donors (Lipinski definition) is 0. The molecule has 0 saturated carbocycles. The Morgan fingerprint density at radius 2 is 1.81 bits per heavy atom. The minimum Gasteiger partial charge on any atom is -0.458 e. The molecule has 1 aliphatic heterocycles. The van der Waals surface area contributed by atoms with Crippen LogP contribution in [-0.2, 0) is 14.3 Å². The van der Waals surface area contributed by atoms with Crippen LogP contribution in [0.25, 0.3) is 0 Å². The van der Waals surface area contributed by atoms with Crippen LogP contribution in [0.5, 0.6) is 0 Å². The Balaban J connectivity index is 1.43. The normalized spacial score (nSPS) is 15.3. The van der Waals surface area contributed by atoms with E-state index in [1.165, 1.54) is 0 Å². The zero-order chi connectivity index (χ0) is 26.5. The summed E-state index contributed by atoms with van der Waals surface area (Å²) in [5.74, 6) is 1.37. The number of carbonyl (C=O) groups excluding carboxylic acids is 1. The van der Waals surface area contributed by atoms with Crippen LogP contribution in [0.1, 0.15) is 33.6 Å². The lowest BCUT2D eigenvalue weighted by Gasteiger charge is -2.37. The molecule has 37 heavy (non-hydrogen) atoms. The number of pyridine rings is 1. The summed E-state index contributed by atoms with van der Waals surface area (Å²) in [6, 6.07) is 13.3. The predicted octanol–water partition coefficient (Wildman–Crippen LogP) is 5.66. The van der Waals surface area contributed by atoms with Crippen molar-refractivity contribution in [1.82, 2.24) is 15.0 Å². The highest BCUT2D eigenvalue weighted by Gasteiger charge is 2.36. The number of nitrogens with zero attached hydrogens (tertiary/aromatic N) is 5. The molecule has 1 aliphatic rings. The van der Waals surface area contributed by atoms with Gasteiger partial charge in [0.25, 0.3) is 0 Å². The van der Waals surface area contributed by atoms with Gasteiger partial charge < -0.3 is 14.4 Å². The number of aromatic nitrogens is 3. The van der Waals surface area contributed by atoms with E-state index in [2.05, 4.69) is 9.97 Å². The van der Waals surface area contributed by atoms with Crippen molar-refractivity contribution in [3.8, 4) is 0 Å². The van der Waals surface area contributed by atoms with Gasteiger partial charge in [0.05, 0.1) is 24.0 Å². The fourth-order valence-electron chi connectivity index (χ4n) is 4.03. The highest BCUT2D eigenvalue weighted by atomic mass is 35.5. The summed E-state index contributed by atoms with van der Waals surface area (Å²) >= 11 is 6.05. The average molecular weight is 528 g/mol. The monoisotopic (exact) mass is 527 g/mol. The van der Waals surface area contributed by atoms with Crippen LogP contribution >= 0.6 is 11.6 Å². The maximum atomic E-state index is 15.4. The molecule has 1 aromatic carbocycles. The first-order valence-electron chi connectivity index (χ1n) is 12.1. The van der Waals surface area contributed by atoms with E-state index < -0.39 is 17.2 Å². The first-order valence-corrected chi connectivity index (χ1v) is 12.5. The van der Waals surface area contributed by atoms with E-state index >= 15 is 4.39 Å².